The number of aromatic nitrogens is 3. The molecule has 3 rings (SSSR count). The molecule has 0 fully saturated rings. The van der Waals surface area contributed by atoms with Crippen molar-refractivity contribution in [1.29, 1.82) is 0 Å². The first-order chi connectivity index (χ1) is 12.7. The zero-order chi connectivity index (χ0) is 18.4. The van der Waals surface area contributed by atoms with Gasteiger partial charge in [-0.2, -0.15) is 0 Å². The van der Waals surface area contributed by atoms with Crippen molar-refractivity contribution >= 4 is 5.91 Å². The van der Waals surface area contributed by atoms with E-state index in [2.05, 4.69) is 15.3 Å². The highest BCUT2D eigenvalue weighted by molar-refractivity contribution is 5.94. The molecule has 0 aliphatic rings. The number of hydrogen-bond donors (Lipinski definition) is 1. The van der Waals surface area contributed by atoms with Crippen molar-refractivity contribution in [2.45, 2.75) is 6.42 Å². The number of carbonyl (C=O) groups is 1. The fraction of sp³-hybridized carbons (Fsp3) is 0.211. The number of benzene rings is 1. The molecule has 2 aromatic heterocycles. The second-order valence-corrected chi connectivity index (χ2v) is 5.57. The van der Waals surface area contributed by atoms with E-state index in [1.165, 1.54) is 0 Å². The number of methoxy groups -OCH3 is 2. The molecule has 7 nitrogen and oxygen atoms in total. The molecule has 1 amide bonds. The summed E-state index contributed by atoms with van der Waals surface area (Å²) in [6.07, 6.45) is 7.38. The molecule has 0 spiro atoms. The summed E-state index contributed by atoms with van der Waals surface area (Å²) in [4.78, 5) is 20.6. The summed E-state index contributed by atoms with van der Waals surface area (Å²) in [5, 5.41) is 2.92. The molecule has 0 saturated carbocycles. The minimum Gasteiger partial charge on any atom is -0.493 e. The quantitative estimate of drug-likeness (QED) is 0.706. The lowest BCUT2D eigenvalue weighted by Crippen LogP contribution is -2.25. The van der Waals surface area contributed by atoms with Crippen molar-refractivity contribution < 1.29 is 14.3 Å². The third kappa shape index (κ3) is 4.00. The first-order valence-electron chi connectivity index (χ1n) is 8.14. The normalized spacial score (nSPS) is 10.4. The van der Waals surface area contributed by atoms with Gasteiger partial charge in [0.15, 0.2) is 11.5 Å². The van der Waals surface area contributed by atoms with Gasteiger partial charge in [-0.25, -0.2) is 9.97 Å². The average molecular weight is 352 g/mol. The highest BCUT2D eigenvalue weighted by Gasteiger charge is 2.08. The molecule has 0 aliphatic carbocycles. The Hall–Kier alpha value is -3.35. The Morgan fingerprint density at radius 3 is 2.69 bits per heavy atom. The zero-order valence-electron chi connectivity index (χ0n) is 14.7. The lowest BCUT2D eigenvalue weighted by Gasteiger charge is -2.10. The van der Waals surface area contributed by atoms with Crippen LogP contribution in [0.5, 0.6) is 11.5 Å². The second-order valence-electron chi connectivity index (χ2n) is 5.57. The number of imidazole rings is 1. The van der Waals surface area contributed by atoms with Crippen LogP contribution in [0.15, 0.2) is 55.2 Å². The zero-order valence-corrected chi connectivity index (χ0v) is 14.7. The van der Waals surface area contributed by atoms with Crippen molar-refractivity contribution in [2.75, 3.05) is 20.8 Å². The van der Waals surface area contributed by atoms with Crippen molar-refractivity contribution in [3.63, 3.8) is 0 Å². The first-order valence-corrected chi connectivity index (χ1v) is 8.14. The number of hydrogen-bond acceptors (Lipinski definition) is 5. The van der Waals surface area contributed by atoms with E-state index in [4.69, 9.17) is 9.47 Å². The highest BCUT2D eigenvalue weighted by Crippen LogP contribution is 2.27. The SMILES string of the molecule is COc1ccc(CCNC(=O)c2ccnc(-n3ccnc3)c2)cc1OC. The molecule has 1 N–H and O–H groups in total. The van der Waals surface area contributed by atoms with E-state index in [9.17, 15) is 4.79 Å². The molecule has 3 aromatic rings. The van der Waals surface area contributed by atoms with E-state index in [1.54, 1.807) is 55.8 Å². The van der Waals surface area contributed by atoms with Gasteiger partial charge in [0, 0.05) is 30.7 Å². The number of nitrogens with zero attached hydrogens (tertiary/aromatic N) is 3. The minimum atomic E-state index is -0.144. The molecule has 0 unspecified atom stereocenters. The molecule has 26 heavy (non-hydrogen) atoms. The molecule has 0 atom stereocenters. The molecular formula is C19H20N4O3. The van der Waals surface area contributed by atoms with Gasteiger partial charge < -0.3 is 14.8 Å². The maximum atomic E-state index is 12.4. The Morgan fingerprint density at radius 1 is 1.12 bits per heavy atom. The molecule has 2 heterocycles. The molecule has 0 bridgehead atoms. The van der Waals surface area contributed by atoms with Crippen LogP contribution in [0.4, 0.5) is 0 Å². The van der Waals surface area contributed by atoms with Crippen molar-refractivity contribution in [3.8, 4) is 17.3 Å². The van der Waals surface area contributed by atoms with Gasteiger partial charge in [0.2, 0.25) is 0 Å². The van der Waals surface area contributed by atoms with Gasteiger partial charge in [0.05, 0.1) is 14.2 Å². The van der Waals surface area contributed by atoms with E-state index < -0.39 is 0 Å². The van der Waals surface area contributed by atoms with Crippen LogP contribution in [-0.4, -0.2) is 41.2 Å². The summed E-state index contributed by atoms with van der Waals surface area (Å²) in [7, 11) is 3.20. The van der Waals surface area contributed by atoms with Crippen molar-refractivity contribution in [2.24, 2.45) is 0 Å². The maximum absolute atomic E-state index is 12.4. The van der Waals surface area contributed by atoms with Crippen LogP contribution < -0.4 is 14.8 Å². The number of carbonyl (C=O) groups excluding carboxylic acids is 1. The smallest absolute Gasteiger partial charge is 0.251 e. The Morgan fingerprint density at radius 2 is 1.96 bits per heavy atom. The standard InChI is InChI=1S/C19H20N4O3/c1-25-16-4-3-14(11-17(16)26-2)5-7-22-19(24)15-6-8-21-18(12-15)23-10-9-20-13-23/h3-4,6,8-13H,5,7H2,1-2H3,(H,22,24). The Labute approximate surface area is 151 Å². The Bertz CT molecular complexity index is 878. The Kier molecular flexibility index (Phi) is 5.48. The third-order valence-corrected chi connectivity index (χ3v) is 3.92. The predicted octanol–water partition coefficient (Wildman–Crippen LogP) is 2.26. The summed E-state index contributed by atoms with van der Waals surface area (Å²) in [5.74, 6) is 1.86. The van der Waals surface area contributed by atoms with Gasteiger partial charge in [-0.3, -0.25) is 9.36 Å². The van der Waals surface area contributed by atoms with Crippen molar-refractivity contribution in [3.05, 3.63) is 66.4 Å². The van der Waals surface area contributed by atoms with Crippen LogP contribution in [0.25, 0.3) is 5.82 Å². The minimum absolute atomic E-state index is 0.144. The average Bonchev–Trinajstić information content (AvgIpc) is 3.22. The summed E-state index contributed by atoms with van der Waals surface area (Å²) in [6.45, 7) is 0.511. The van der Waals surface area contributed by atoms with Crippen LogP contribution in [0.1, 0.15) is 15.9 Å². The lowest BCUT2D eigenvalue weighted by atomic mass is 10.1. The summed E-state index contributed by atoms with van der Waals surface area (Å²) in [5.41, 5.74) is 1.60. The van der Waals surface area contributed by atoms with Crippen LogP contribution in [0.3, 0.4) is 0 Å². The highest BCUT2D eigenvalue weighted by atomic mass is 16.5. The van der Waals surface area contributed by atoms with Crippen LogP contribution in [0.2, 0.25) is 0 Å². The molecule has 0 saturated heterocycles. The van der Waals surface area contributed by atoms with Gasteiger partial charge in [-0.1, -0.05) is 6.07 Å². The molecular weight excluding hydrogens is 332 g/mol. The summed E-state index contributed by atoms with van der Waals surface area (Å²) in [6, 6.07) is 9.14. The Balaban J connectivity index is 1.60. The van der Waals surface area contributed by atoms with E-state index in [0.29, 0.717) is 35.8 Å². The first kappa shape index (κ1) is 17.5. The number of ether oxygens (including phenoxy) is 2. The number of rotatable bonds is 7. The van der Waals surface area contributed by atoms with Crippen LogP contribution in [-0.2, 0) is 6.42 Å². The van der Waals surface area contributed by atoms with Crippen LogP contribution in [0, 0.1) is 0 Å². The fourth-order valence-corrected chi connectivity index (χ4v) is 2.55. The van der Waals surface area contributed by atoms with E-state index in [-0.39, 0.29) is 5.91 Å². The lowest BCUT2D eigenvalue weighted by molar-refractivity contribution is 0.0954. The van der Waals surface area contributed by atoms with Gasteiger partial charge in [0.1, 0.15) is 12.1 Å². The maximum Gasteiger partial charge on any atom is 0.251 e. The van der Waals surface area contributed by atoms with Gasteiger partial charge >= 0.3 is 0 Å². The van der Waals surface area contributed by atoms with Gasteiger partial charge in [-0.15, -0.1) is 0 Å². The molecule has 1 aromatic carbocycles. The third-order valence-electron chi connectivity index (χ3n) is 3.92. The number of pyridine rings is 1. The van der Waals surface area contributed by atoms with E-state index in [0.717, 1.165) is 5.56 Å². The topological polar surface area (TPSA) is 78.3 Å². The number of amides is 1. The van der Waals surface area contributed by atoms with Crippen LogP contribution >= 0.6 is 0 Å². The van der Waals surface area contributed by atoms with Gasteiger partial charge in [-0.05, 0) is 36.2 Å². The second kappa shape index (κ2) is 8.15. The molecule has 0 aliphatic heterocycles. The number of nitrogens with one attached hydrogen (secondary N) is 1. The predicted molar refractivity (Wildman–Crippen MR) is 96.9 cm³/mol. The largest absolute Gasteiger partial charge is 0.493 e. The summed E-state index contributed by atoms with van der Waals surface area (Å²) < 4.78 is 12.3. The monoisotopic (exact) mass is 352 g/mol. The molecule has 0 radical (unpaired) electrons. The fourth-order valence-electron chi connectivity index (χ4n) is 2.55. The van der Waals surface area contributed by atoms with E-state index >= 15 is 0 Å². The van der Waals surface area contributed by atoms with E-state index in [1.807, 2.05) is 18.2 Å². The van der Waals surface area contributed by atoms with Crippen molar-refractivity contribution in [1.82, 2.24) is 19.9 Å². The molecule has 134 valence electrons. The molecule has 7 heteroatoms. The summed E-state index contributed by atoms with van der Waals surface area (Å²) >= 11 is 0. The van der Waals surface area contributed by atoms with Gasteiger partial charge in [0.25, 0.3) is 5.91 Å².